The van der Waals surface area contributed by atoms with Crippen LogP contribution in [0.1, 0.15) is 18.5 Å². The van der Waals surface area contributed by atoms with Crippen LogP contribution in [0.5, 0.6) is 0 Å². The summed E-state index contributed by atoms with van der Waals surface area (Å²) in [5.41, 5.74) is 0.610. The number of carbonyl (C=O) groups is 1. The molecule has 0 fully saturated rings. The monoisotopic (exact) mass is 271 g/mol. The minimum absolute atomic E-state index is 0.0554. The summed E-state index contributed by atoms with van der Waals surface area (Å²) >= 11 is 0. The molecular weight excluding hydrogens is 254 g/mol. The molecule has 6 heteroatoms. The van der Waals surface area contributed by atoms with Crippen LogP contribution < -0.4 is 5.32 Å². The molecule has 0 amide bonds. The average Bonchev–Trinajstić information content (AvgIpc) is 2.35. The Balaban J connectivity index is 2.64. The van der Waals surface area contributed by atoms with Gasteiger partial charge in [-0.25, -0.2) is 8.42 Å². The molecule has 1 rings (SSSR count). The molecule has 0 aliphatic carbocycles. The molecule has 0 aliphatic heterocycles. The first-order valence-corrected chi connectivity index (χ1v) is 7.50. The van der Waals surface area contributed by atoms with Gasteiger partial charge >= 0.3 is 5.97 Å². The number of benzene rings is 1. The third-order valence-electron chi connectivity index (χ3n) is 2.58. The molecule has 100 valence electrons. The SMILES string of the molecule is CCS(=O)(=O)CCNC(C(=O)O)c1ccccc1. The van der Waals surface area contributed by atoms with Crippen molar-refractivity contribution in [1.82, 2.24) is 5.32 Å². The van der Waals surface area contributed by atoms with Crippen molar-refractivity contribution in [3.63, 3.8) is 0 Å². The Labute approximate surface area is 107 Å². The number of carboxylic acids is 1. The van der Waals surface area contributed by atoms with E-state index in [1.54, 1.807) is 37.3 Å². The number of hydrogen-bond acceptors (Lipinski definition) is 4. The van der Waals surface area contributed by atoms with Crippen LogP contribution in [-0.4, -0.2) is 37.5 Å². The summed E-state index contributed by atoms with van der Waals surface area (Å²) in [6.07, 6.45) is 0. The van der Waals surface area contributed by atoms with Crippen molar-refractivity contribution in [1.29, 1.82) is 0 Å². The summed E-state index contributed by atoms with van der Waals surface area (Å²) in [7, 11) is -3.08. The lowest BCUT2D eigenvalue weighted by atomic mass is 10.1. The van der Waals surface area contributed by atoms with Gasteiger partial charge < -0.3 is 5.11 Å². The van der Waals surface area contributed by atoms with Gasteiger partial charge in [0, 0.05) is 12.3 Å². The molecule has 1 unspecified atom stereocenters. The van der Waals surface area contributed by atoms with Crippen molar-refractivity contribution in [2.75, 3.05) is 18.1 Å². The molecule has 0 bridgehead atoms. The normalized spacial score (nSPS) is 13.2. The Hall–Kier alpha value is -1.40. The second-order valence-corrected chi connectivity index (χ2v) is 6.35. The van der Waals surface area contributed by atoms with E-state index in [1.165, 1.54) is 0 Å². The molecular formula is C12H17NO4S. The van der Waals surface area contributed by atoms with Crippen LogP contribution in [0.4, 0.5) is 0 Å². The van der Waals surface area contributed by atoms with Crippen molar-refractivity contribution < 1.29 is 18.3 Å². The highest BCUT2D eigenvalue weighted by atomic mass is 32.2. The summed E-state index contributed by atoms with van der Waals surface area (Å²) in [6, 6.07) is 7.80. The van der Waals surface area contributed by atoms with E-state index in [0.29, 0.717) is 5.56 Å². The second-order valence-electron chi connectivity index (χ2n) is 3.87. The van der Waals surface area contributed by atoms with Crippen LogP contribution in [0.2, 0.25) is 0 Å². The zero-order valence-electron chi connectivity index (χ0n) is 10.2. The van der Waals surface area contributed by atoms with Gasteiger partial charge in [0.1, 0.15) is 6.04 Å². The highest BCUT2D eigenvalue weighted by Crippen LogP contribution is 2.12. The topological polar surface area (TPSA) is 83.5 Å². The van der Waals surface area contributed by atoms with Crippen molar-refractivity contribution >= 4 is 15.8 Å². The van der Waals surface area contributed by atoms with E-state index in [2.05, 4.69) is 5.32 Å². The number of hydrogen-bond donors (Lipinski definition) is 2. The summed E-state index contributed by atoms with van der Waals surface area (Å²) < 4.78 is 22.6. The van der Waals surface area contributed by atoms with E-state index in [9.17, 15) is 13.2 Å². The fourth-order valence-electron chi connectivity index (χ4n) is 1.50. The average molecular weight is 271 g/mol. The molecule has 0 saturated heterocycles. The summed E-state index contributed by atoms with van der Waals surface area (Å²) in [4.78, 5) is 11.1. The van der Waals surface area contributed by atoms with Gasteiger partial charge in [-0.05, 0) is 5.56 Å². The molecule has 0 aromatic heterocycles. The van der Waals surface area contributed by atoms with Gasteiger partial charge in [-0.1, -0.05) is 37.3 Å². The molecule has 1 aromatic rings. The first kappa shape index (κ1) is 14.7. The molecule has 18 heavy (non-hydrogen) atoms. The highest BCUT2D eigenvalue weighted by Gasteiger charge is 2.19. The molecule has 0 aliphatic rings. The van der Waals surface area contributed by atoms with E-state index in [0.717, 1.165) is 0 Å². The van der Waals surface area contributed by atoms with Gasteiger partial charge in [0.25, 0.3) is 0 Å². The van der Waals surface area contributed by atoms with Gasteiger partial charge in [-0.15, -0.1) is 0 Å². The smallest absolute Gasteiger partial charge is 0.325 e. The molecule has 0 spiro atoms. The van der Waals surface area contributed by atoms with Crippen LogP contribution in [0, 0.1) is 0 Å². The predicted molar refractivity (Wildman–Crippen MR) is 69.1 cm³/mol. The lowest BCUT2D eigenvalue weighted by Crippen LogP contribution is -2.32. The van der Waals surface area contributed by atoms with Crippen molar-refractivity contribution in [3.05, 3.63) is 35.9 Å². The molecule has 0 radical (unpaired) electrons. The standard InChI is InChI=1S/C12H17NO4S/c1-2-18(16,17)9-8-13-11(12(14)15)10-6-4-3-5-7-10/h3-7,11,13H,2,8-9H2,1H3,(H,14,15). The molecule has 5 nitrogen and oxygen atoms in total. The van der Waals surface area contributed by atoms with E-state index in [1.807, 2.05) is 0 Å². The molecule has 0 saturated carbocycles. The zero-order chi connectivity index (χ0) is 13.6. The summed E-state index contributed by atoms with van der Waals surface area (Å²) in [5, 5.41) is 11.8. The fraction of sp³-hybridized carbons (Fsp3) is 0.417. The number of rotatable bonds is 7. The number of sulfone groups is 1. The Kier molecular flexibility index (Phi) is 5.30. The molecule has 1 atom stereocenters. The minimum atomic E-state index is -3.08. The van der Waals surface area contributed by atoms with Crippen molar-refractivity contribution in [2.24, 2.45) is 0 Å². The maximum atomic E-state index is 11.3. The third kappa shape index (κ3) is 4.46. The number of carboxylic acid groups (broad SMARTS) is 1. The second kappa shape index (κ2) is 6.51. The van der Waals surface area contributed by atoms with Gasteiger partial charge in [-0.3, -0.25) is 10.1 Å². The first-order valence-electron chi connectivity index (χ1n) is 5.68. The van der Waals surface area contributed by atoms with E-state index < -0.39 is 21.8 Å². The number of nitrogens with one attached hydrogen (secondary N) is 1. The van der Waals surface area contributed by atoms with E-state index >= 15 is 0 Å². The molecule has 2 N–H and O–H groups in total. The Morgan fingerprint density at radius 3 is 2.44 bits per heavy atom. The van der Waals surface area contributed by atoms with Gasteiger partial charge in [0.15, 0.2) is 9.84 Å². The van der Waals surface area contributed by atoms with Crippen LogP contribution >= 0.6 is 0 Å². The Morgan fingerprint density at radius 2 is 1.94 bits per heavy atom. The summed E-state index contributed by atoms with van der Waals surface area (Å²) in [5.74, 6) is -1.01. The highest BCUT2D eigenvalue weighted by molar-refractivity contribution is 7.91. The lowest BCUT2D eigenvalue weighted by Gasteiger charge is -2.14. The number of aliphatic carboxylic acids is 1. The van der Waals surface area contributed by atoms with Crippen LogP contribution in [-0.2, 0) is 14.6 Å². The minimum Gasteiger partial charge on any atom is -0.480 e. The Morgan fingerprint density at radius 1 is 1.33 bits per heavy atom. The van der Waals surface area contributed by atoms with Crippen molar-refractivity contribution in [3.8, 4) is 0 Å². The van der Waals surface area contributed by atoms with Crippen LogP contribution in [0.15, 0.2) is 30.3 Å². The third-order valence-corrected chi connectivity index (χ3v) is 4.29. The summed E-state index contributed by atoms with van der Waals surface area (Å²) in [6.45, 7) is 1.70. The lowest BCUT2D eigenvalue weighted by molar-refractivity contribution is -0.139. The largest absolute Gasteiger partial charge is 0.480 e. The maximum Gasteiger partial charge on any atom is 0.325 e. The van der Waals surface area contributed by atoms with Crippen LogP contribution in [0.3, 0.4) is 0 Å². The maximum absolute atomic E-state index is 11.3. The van der Waals surface area contributed by atoms with E-state index in [4.69, 9.17) is 5.11 Å². The van der Waals surface area contributed by atoms with Gasteiger partial charge in [0.05, 0.1) is 5.75 Å². The quantitative estimate of drug-likeness (QED) is 0.767. The molecule has 0 heterocycles. The van der Waals surface area contributed by atoms with Crippen LogP contribution in [0.25, 0.3) is 0 Å². The molecule has 1 aromatic carbocycles. The van der Waals surface area contributed by atoms with Gasteiger partial charge in [0.2, 0.25) is 0 Å². The fourth-order valence-corrected chi connectivity index (χ4v) is 2.21. The zero-order valence-corrected chi connectivity index (χ0v) is 11.0. The predicted octanol–water partition coefficient (Wildman–Crippen LogP) is 0.837. The van der Waals surface area contributed by atoms with Crippen molar-refractivity contribution in [2.45, 2.75) is 13.0 Å². The first-order chi connectivity index (χ1) is 8.46. The van der Waals surface area contributed by atoms with E-state index in [-0.39, 0.29) is 18.1 Å². The van der Waals surface area contributed by atoms with Gasteiger partial charge in [-0.2, -0.15) is 0 Å². The Bertz CT molecular complexity index is 484.